The summed E-state index contributed by atoms with van der Waals surface area (Å²) in [6, 6.07) is 15.5. The molecule has 1 fully saturated rings. The van der Waals surface area contributed by atoms with Crippen LogP contribution in [0.15, 0.2) is 48.5 Å². The molecule has 2 aromatic carbocycles. The molecule has 1 saturated heterocycles. The molecule has 0 bridgehead atoms. The minimum Gasteiger partial charge on any atom is -0.372 e. The van der Waals surface area contributed by atoms with Gasteiger partial charge in [0.25, 0.3) is 0 Å². The number of hydrogen-bond donors (Lipinski definition) is 1. The van der Waals surface area contributed by atoms with Crippen LogP contribution in [0, 0.1) is 0 Å². The minimum absolute atomic E-state index is 0.0967. The Morgan fingerprint density at radius 1 is 0.926 bits per heavy atom. The SMILES string of the molecule is O=S(=O)(Cc1ccccc1Cl)NCCc1ccc(N2CCCCCC2)cc1. The van der Waals surface area contributed by atoms with Crippen molar-refractivity contribution in [2.24, 2.45) is 0 Å². The van der Waals surface area contributed by atoms with Crippen LogP contribution in [0.2, 0.25) is 5.02 Å². The Bertz CT molecular complexity index is 830. The minimum atomic E-state index is -3.40. The molecule has 0 amide bonds. The van der Waals surface area contributed by atoms with Gasteiger partial charge >= 0.3 is 0 Å². The average Bonchev–Trinajstić information content (AvgIpc) is 2.93. The molecule has 146 valence electrons. The summed E-state index contributed by atoms with van der Waals surface area (Å²) in [5, 5.41) is 0.479. The molecule has 1 aliphatic heterocycles. The van der Waals surface area contributed by atoms with Crippen molar-refractivity contribution >= 4 is 27.3 Å². The topological polar surface area (TPSA) is 49.4 Å². The number of halogens is 1. The fraction of sp³-hybridized carbons (Fsp3) is 0.429. The number of hydrogen-bond acceptors (Lipinski definition) is 3. The maximum absolute atomic E-state index is 12.3. The highest BCUT2D eigenvalue weighted by Crippen LogP contribution is 2.20. The zero-order chi connectivity index (χ0) is 19.1. The fourth-order valence-corrected chi connectivity index (χ4v) is 4.88. The zero-order valence-corrected chi connectivity index (χ0v) is 17.1. The third-order valence-corrected chi connectivity index (χ3v) is 6.65. The maximum Gasteiger partial charge on any atom is 0.215 e. The van der Waals surface area contributed by atoms with Crippen molar-refractivity contribution in [2.45, 2.75) is 37.9 Å². The highest BCUT2D eigenvalue weighted by molar-refractivity contribution is 7.88. The van der Waals surface area contributed by atoms with Crippen molar-refractivity contribution in [3.05, 3.63) is 64.7 Å². The summed E-state index contributed by atoms with van der Waals surface area (Å²) in [5.41, 5.74) is 3.02. The lowest BCUT2D eigenvalue weighted by Crippen LogP contribution is -2.27. The summed E-state index contributed by atoms with van der Waals surface area (Å²) in [7, 11) is -3.40. The number of benzene rings is 2. The summed E-state index contributed by atoms with van der Waals surface area (Å²) in [6.45, 7) is 2.64. The monoisotopic (exact) mass is 406 g/mol. The second-order valence-corrected chi connectivity index (χ2v) is 9.28. The van der Waals surface area contributed by atoms with E-state index in [4.69, 9.17) is 11.6 Å². The van der Waals surface area contributed by atoms with Gasteiger partial charge in [0.1, 0.15) is 0 Å². The number of anilines is 1. The molecule has 6 heteroatoms. The Morgan fingerprint density at radius 3 is 2.26 bits per heavy atom. The molecule has 0 radical (unpaired) electrons. The summed E-state index contributed by atoms with van der Waals surface area (Å²) >= 11 is 6.05. The smallest absolute Gasteiger partial charge is 0.215 e. The molecule has 1 aliphatic rings. The van der Waals surface area contributed by atoms with Gasteiger partial charge in [-0.3, -0.25) is 0 Å². The summed E-state index contributed by atoms with van der Waals surface area (Å²) in [4.78, 5) is 2.45. The third kappa shape index (κ3) is 6.23. The highest BCUT2D eigenvalue weighted by atomic mass is 35.5. The molecule has 0 unspecified atom stereocenters. The summed E-state index contributed by atoms with van der Waals surface area (Å²) in [5.74, 6) is -0.0967. The van der Waals surface area contributed by atoms with Crippen LogP contribution in [0.5, 0.6) is 0 Å². The van der Waals surface area contributed by atoms with E-state index in [1.54, 1.807) is 24.3 Å². The van der Waals surface area contributed by atoms with Gasteiger partial charge in [-0.2, -0.15) is 0 Å². The van der Waals surface area contributed by atoms with Gasteiger partial charge in [-0.05, 0) is 48.6 Å². The van der Waals surface area contributed by atoms with E-state index in [9.17, 15) is 8.42 Å². The Balaban J connectivity index is 1.50. The second kappa shape index (κ2) is 9.58. The fourth-order valence-electron chi connectivity index (χ4n) is 3.42. The Morgan fingerprint density at radius 2 is 1.59 bits per heavy atom. The predicted octanol–water partition coefficient (Wildman–Crippen LogP) is 4.38. The lowest BCUT2D eigenvalue weighted by atomic mass is 10.1. The van der Waals surface area contributed by atoms with Crippen molar-refractivity contribution < 1.29 is 8.42 Å². The first-order valence-corrected chi connectivity index (χ1v) is 11.6. The van der Waals surface area contributed by atoms with Crippen LogP contribution < -0.4 is 9.62 Å². The van der Waals surface area contributed by atoms with E-state index < -0.39 is 10.0 Å². The van der Waals surface area contributed by atoms with E-state index in [-0.39, 0.29) is 5.75 Å². The van der Waals surface area contributed by atoms with Crippen LogP contribution in [0.1, 0.15) is 36.8 Å². The van der Waals surface area contributed by atoms with Crippen molar-refractivity contribution in [3.63, 3.8) is 0 Å². The molecule has 0 spiro atoms. The van der Waals surface area contributed by atoms with Crippen LogP contribution in [0.25, 0.3) is 0 Å². The summed E-state index contributed by atoms with van der Waals surface area (Å²) in [6.07, 6.45) is 5.83. The van der Waals surface area contributed by atoms with E-state index in [0.717, 1.165) is 18.7 Å². The molecular weight excluding hydrogens is 380 g/mol. The van der Waals surface area contributed by atoms with Crippen LogP contribution in [0.4, 0.5) is 5.69 Å². The van der Waals surface area contributed by atoms with Gasteiger partial charge in [0.2, 0.25) is 10.0 Å². The van der Waals surface area contributed by atoms with Gasteiger partial charge in [0, 0.05) is 30.3 Å². The van der Waals surface area contributed by atoms with E-state index in [1.165, 1.54) is 31.4 Å². The van der Waals surface area contributed by atoms with Gasteiger partial charge in [0.05, 0.1) is 5.75 Å². The van der Waals surface area contributed by atoms with Gasteiger partial charge in [-0.25, -0.2) is 13.1 Å². The van der Waals surface area contributed by atoms with Gasteiger partial charge < -0.3 is 4.90 Å². The second-order valence-electron chi connectivity index (χ2n) is 7.06. The largest absolute Gasteiger partial charge is 0.372 e. The van der Waals surface area contributed by atoms with Crippen LogP contribution in [-0.4, -0.2) is 28.1 Å². The van der Waals surface area contributed by atoms with Crippen LogP contribution >= 0.6 is 11.6 Å². The third-order valence-electron chi connectivity index (χ3n) is 4.95. The molecule has 0 saturated carbocycles. The van der Waals surface area contributed by atoms with Crippen LogP contribution in [0.3, 0.4) is 0 Å². The Hall–Kier alpha value is -1.56. The lowest BCUT2D eigenvalue weighted by molar-refractivity contribution is 0.581. The number of sulfonamides is 1. The summed E-state index contributed by atoms with van der Waals surface area (Å²) < 4.78 is 27.2. The van der Waals surface area contributed by atoms with E-state index in [2.05, 4.69) is 33.9 Å². The van der Waals surface area contributed by atoms with E-state index in [0.29, 0.717) is 23.6 Å². The molecule has 4 nitrogen and oxygen atoms in total. The molecule has 0 aliphatic carbocycles. The van der Waals surface area contributed by atoms with Crippen molar-refractivity contribution in [1.29, 1.82) is 0 Å². The lowest BCUT2D eigenvalue weighted by Gasteiger charge is -2.22. The standard InChI is InChI=1S/C21H27ClN2O2S/c22-21-8-4-3-7-19(21)17-27(25,26)23-14-13-18-9-11-20(12-10-18)24-15-5-1-2-6-16-24/h3-4,7-12,23H,1-2,5-6,13-17H2. The first-order valence-electron chi connectivity index (χ1n) is 9.58. The van der Waals surface area contributed by atoms with Crippen LogP contribution in [-0.2, 0) is 22.2 Å². The highest BCUT2D eigenvalue weighted by Gasteiger charge is 2.13. The Labute approximate surface area is 167 Å². The molecule has 27 heavy (non-hydrogen) atoms. The molecule has 0 aromatic heterocycles. The molecule has 2 aromatic rings. The normalized spacial score (nSPS) is 15.5. The molecular formula is C21H27ClN2O2S. The molecule has 0 atom stereocenters. The molecule has 1 heterocycles. The van der Waals surface area contributed by atoms with Gasteiger partial charge in [0.15, 0.2) is 0 Å². The maximum atomic E-state index is 12.3. The van der Waals surface area contributed by atoms with E-state index >= 15 is 0 Å². The first-order chi connectivity index (χ1) is 13.0. The zero-order valence-electron chi connectivity index (χ0n) is 15.5. The van der Waals surface area contributed by atoms with Gasteiger partial charge in [-0.15, -0.1) is 0 Å². The molecule has 3 rings (SSSR count). The predicted molar refractivity (Wildman–Crippen MR) is 113 cm³/mol. The van der Waals surface area contributed by atoms with Crippen molar-refractivity contribution in [1.82, 2.24) is 4.72 Å². The Kier molecular flexibility index (Phi) is 7.16. The number of rotatable bonds is 7. The first kappa shape index (κ1) is 20.2. The quantitative estimate of drug-likeness (QED) is 0.742. The van der Waals surface area contributed by atoms with Crippen molar-refractivity contribution in [3.8, 4) is 0 Å². The van der Waals surface area contributed by atoms with Gasteiger partial charge in [-0.1, -0.05) is 54.8 Å². The van der Waals surface area contributed by atoms with E-state index in [1.807, 2.05) is 0 Å². The average molecular weight is 407 g/mol. The number of nitrogens with zero attached hydrogens (tertiary/aromatic N) is 1. The molecule has 1 N–H and O–H groups in total. The number of nitrogens with one attached hydrogen (secondary N) is 1. The van der Waals surface area contributed by atoms with Crippen molar-refractivity contribution in [2.75, 3.05) is 24.5 Å².